The number of nitriles is 1. The molecule has 4 aromatic rings. The number of thiophene rings is 1. The van der Waals surface area contributed by atoms with E-state index in [1.165, 1.54) is 31.4 Å². The van der Waals surface area contributed by atoms with Crippen LogP contribution in [0, 0.1) is 23.0 Å². The fourth-order valence-electron chi connectivity index (χ4n) is 3.65. The minimum absolute atomic E-state index is 0.149. The molecule has 184 valence electrons. The molecule has 0 aliphatic carbocycles. The minimum Gasteiger partial charge on any atom is -0.504 e. The fourth-order valence-corrected chi connectivity index (χ4v) is 4.59. The van der Waals surface area contributed by atoms with Crippen LogP contribution in [0.1, 0.15) is 16.7 Å². The van der Waals surface area contributed by atoms with Crippen molar-refractivity contribution in [3.8, 4) is 39.3 Å². The maximum absolute atomic E-state index is 14.3. The van der Waals surface area contributed by atoms with E-state index in [0.717, 1.165) is 28.0 Å². The van der Waals surface area contributed by atoms with Gasteiger partial charge >= 0.3 is 6.18 Å². The maximum atomic E-state index is 14.3. The SMILES string of the molecule is COc1ccc(-c2csc(-c3cc(C(F)(F)F)c(C#N)c(=O)n3Cc3ccc(F)cc3F)c2)cc1O. The van der Waals surface area contributed by atoms with Gasteiger partial charge in [0.15, 0.2) is 11.5 Å². The van der Waals surface area contributed by atoms with Crippen molar-refractivity contribution < 1.29 is 31.8 Å². The van der Waals surface area contributed by atoms with Gasteiger partial charge in [-0.2, -0.15) is 18.4 Å². The molecule has 0 spiro atoms. The number of nitrogens with zero attached hydrogens (tertiary/aromatic N) is 2. The molecule has 1 N–H and O–H groups in total. The molecule has 0 fully saturated rings. The van der Waals surface area contributed by atoms with E-state index in [1.54, 1.807) is 11.4 Å². The van der Waals surface area contributed by atoms with Crippen molar-refractivity contribution in [1.29, 1.82) is 5.26 Å². The second kappa shape index (κ2) is 9.47. The van der Waals surface area contributed by atoms with Crippen molar-refractivity contribution in [3.05, 3.63) is 92.6 Å². The van der Waals surface area contributed by atoms with Crippen LogP contribution in [0.2, 0.25) is 0 Å². The molecular weight excluding hydrogens is 503 g/mol. The molecule has 4 rings (SSSR count). The molecule has 0 amide bonds. The van der Waals surface area contributed by atoms with Crippen molar-refractivity contribution in [2.24, 2.45) is 0 Å². The monoisotopic (exact) mass is 518 g/mol. The minimum atomic E-state index is -5.00. The molecule has 2 aromatic carbocycles. The van der Waals surface area contributed by atoms with Crippen LogP contribution in [0.5, 0.6) is 11.5 Å². The number of phenols is 1. The Hall–Kier alpha value is -4.17. The molecule has 5 nitrogen and oxygen atoms in total. The van der Waals surface area contributed by atoms with Gasteiger partial charge in [0.1, 0.15) is 23.3 Å². The standard InChI is InChI=1S/C25H15F5N2O3S/c1-35-22-5-3-13(6-21(22)33)15-7-23(36-12-15)20-9-18(25(28,29)30)17(10-31)24(34)32(20)11-14-2-4-16(26)8-19(14)27/h2-9,12,33H,11H2,1H3. The third-order valence-corrected chi connectivity index (χ3v) is 6.38. The molecule has 0 unspecified atom stereocenters. The number of aromatic nitrogens is 1. The fraction of sp³-hybridized carbons (Fsp3) is 0.120. The topological polar surface area (TPSA) is 75.2 Å². The van der Waals surface area contributed by atoms with Crippen LogP contribution in [0.4, 0.5) is 22.0 Å². The highest BCUT2D eigenvalue weighted by molar-refractivity contribution is 7.14. The number of phenolic OH excluding ortho intramolecular Hbond substituents is 1. The Kier molecular flexibility index (Phi) is 6.56. The van der Waals surface area contributed by atoms with E-state index in [4.69, 9.17) is 4.74 Å². The average molecular weight is 518 g/mol. The first kappa shape index (κ1) is 24.9. The van der Waals surface area contributed by atoms with E-state index in [2.05, 4.69) is 0 Å². The highest BCUT2D eigenvalue weighted by Gasteiger charge is 2.36. The first-order valence-corrected chi connectivity index (χ1v) is 11.1. The van der Waals surface area contributed by atoms with Crippen molar-refractivity contribution in [1.82, 2.24) is 4.57 Å². The van der Waals surface area contributed by atoms with Gasteiger partial charge in [-0.1, -0.05) is 12.1 Å². The van der Waals surface area contributed by atoms with Gasteiger partial charge in [0.2, 0.25) is 0 Å². The Bertz CT molecular complexity index is 1570. The van der Waals surface area contributed by atoms with Crippen molar-refractivity contribution in [2.45, 2.75) is 12.7 Å². The average Bonchev–Trinajstić information content (AvgIpc) is 3.31. The lowest BCUT2D eigenvalue weighted by Gasteiger charge is -2.17. The first-order chi connectivity index (χ1) is 17.0. The summed E-state index contributed by atoms with van der Waals surface area (Å²) < 4.78 is 74.7. The third-order valence-electron chi connectivity index (χ3n) is 5.43. The summed E-state index contributed by atoms with van der Waals surface area (Å²) >= 11 is 1.01. The smallest absolute Gasteiger partial charge is 0.417 e. The summed E-state index contributed by atoms with van der Waals surface area (Å²) in [6.45, 7) is -0.538. The Labute approximate surface area is 204 Å². The van der Waals surface area contributed by atoms with Crippen molar-refractivity contribution in [3.63, 3.8) is 0 Å². The van der Waals surface area contributed by atoms with E-state index in [-0.39, 0.29) is 27.6 Å². The molecule has 36 heavy (non-hydrogen) atoms. The summed E-state index contributed by atoms with van der Waals surface area (Å²) in [6, 6.07) is 10.7. The van der Waals surface area contributed by atoms with Crippen LogP contribution < -0.4 is 10.3 Å². The van der Waals surface area contributed by atoms with Crippen LogP contribution >= 0.6 is 11.3 Å². The third kappa shape index (κ3) is 4.67. The predicted octanol–water partition coefficient (Wildman–Crippen LogP) is 6.17. The Morgan fingerprint density at radius 1 is 1.08 bits per heavy atom. The summed E-state index contributed by atoms with van der Waals surface area (Å²) in [5.41, 5.74) is -3.12. The quantitative estimate of drug-likeness (QED) is 0.321. The molecule has 11 heteroatoms. The van der Waals surface area contributed by atoms with Gasteiger partial charge in [-0.15, -0.1) is 11.3 Å². The Morgan fingerprint density at radius 2 is 1.83 bits per heavy atom. The number of hydrogen-bond donors (Lipinski definition) is 1. The lowest BCUT2D eigenvalue weighted by Crippen LogP contribution is -2.28. The highest BCUT2D eigenvalue weighted by atomic mass is 32.1. The van der Waals surface area contributed by atoms with Gasteiger partial charge in [-0.25, -0.2) is 8.78 Å². The van der Waals surface area contributed by atoms with E-state index < -0.39 is 41.0 Å². The molecule has 0 atom stereocenters. The normalized spacial score (nSPS) is 11.4. The van der Waals surface area contributed by atoms with Gasteiger partial charge in [0, 0.05) is 11.6 Å². The molecule has 2 aromatic heterocycles. The maximum Gasteiger partial charge on any atom is 0.417 e. The lowest BCUT2D eigenvalue weighted by molar-refractivity contribution is -0.137. The summed E-state index contributed by atoms with van der Waals surface area (Å²) in [5.74, 6) is -1.78. The summed E-state index contributed by atoms with van der Waals surface area (Å²) in [5, 5.41) is 21.0. The van der Waals surface area contributed by atoms with Gasteiger partial charge in [-0.3, -0.25) is 4.79 Å². The van der Waals surface area contributed by atoms with Crippen LogP contribution in [0.15, 0.2) is 58.7 Å². The zero-order chi connectivity index (χ0) is 26.2. The predicted molar refractivity (Wildman–Crippen MR) is 123 cm³/mol. The van der Waals surface area contributed by atoms with Gasteiger partial charge in [0.25, 0.3) is 5.56 Å². The van der Waals surface area contributed by atoms with Crippen LogP contribution in [0.3, 0.4) is 0 Å². The molecular formula is C25H15F5N2O3S. The number of aromatic hydroxyl groups is 1. The molecule has 0 aliphatic heterocycles. The van der Waals surface area contributed by atoms with Crippen LogP contribution in [0.25, 0.3) is 21.7 Å². The Balaban J connectivity index is 1.91. The summed E-state index contributed by atoms with van der Waals surface area (Å²) in [4.78, 5) is 13.3. The summed E-state index contributed by atoms with van der Waals surface area (Å²) in [6.07, 6.45) is -5.00. The largest absolute Gasteiger partial charge is 0.504 e. The Morgan fingerprint density at radius 3 is 2.44 bits per heavy atom. The lowest BCUT2D eigenvalue weighted by atomic mass is 10.0. The molecule has 2 heterocycles. The molecule has 0 radical (unpaired) electrons. The van der Waals surface area contributed by atoms with E-state index in [0.29, 0.717) is 23.3 Å². The van der Waals surface area contributed by atoms with E-state index >= 15 is 0 Å². The highest BCUT2D eigenvalue weighted by Crippen LogP contribution is 2.39. The van der Waals surface area contributed by atoms with Gasteiger partial charge in [-0.05, 0) is 46.8 Å². The molecule has 0 saturated heterocycles. The number of ether oxygens (including phenoxy) is 1. The number of hydrogen-bond acceptors (Lipinski definition) is 5. The number of pyridine rings is 1. The van der Waals surface area contributed by atoms with E-state index in [9.17, 15) is 37.1 Å². The van der Waals surface area contributed by atoms with Gasteiger partial charge < -0.3 is 14.4 Å². The second-order valence-electron chi connectivity index (χ2n) is 7.64. The van der Waals surface area contributed by atoms with Gasteiger partial charge in [0.05, 0.1) is 29.8 Å². The molecule has 0 aliphatic rings. The zero-order valence-corrected chi connectivity index (χ0v) is 19.2. The number of halogens is 5. The first-order valence-electron chi connectivity index (χ1n) is 10.2. The number of benzene rings is 2. The second-order valence-corrected chi connectivity index (χ2v) is 8.55. The summed E-state index contributed by atoms with van der Waals surface area (Å²) in [7, 11) is 1.38. The van der Waals surface area contributed by atoms with E-state index in [1.807, 2.05) is 0 Å². The molecule has 0 saturated carbocycles. The van der Waals surface area contributed by atoms with Crippen LogP contribution in [-0.2, 0) is 12.7 Å². The molecule has 0 bridgehead atoms. The van der Waals surface area contributed by atoms with Crippen LogP contribution in [-0.4, -0.2) is 16.8 Å². The zero-order valence-electron chi connectivity index (χ0n) is 18.4. The number of rotatable bonds is 5. The van der Waals surface area contributed by atoms with Crippen molar-refractivity contribution in [2.75, 3.05) is 7.11 Å². The number of alkyl halides is 3. The van der Waals surface area contributed by atoms with Crippen molar-refractivity contribution >= 4 is 11.3 Å². The number of methoxy groups -OCH3 is 1.